The zero-order chi connectivity index (χ0) is 23.9. The van der Waals surface area contributed by atoms with Crippen LogP contribution in [0.15, 0.2) is 83.3 Å². The third-order valence-electron chi connectivity index (χ3n) is 5.61. The predicted octanol–water partition coefficient (Wildman–Crippen LogP) is 3.58. The topological polar surface area (TPSA) is 118 Å². The van der Waals surface area contributed by atoms with Crippen LogP contribution in [0.25, 0.3) is 5.76 Å². The molecule has 1 unspecified atom stereocenters. The minimum Gasteiger partial charge on any atom is -0.507 e. The van der Waals surface area contributed by atoms with Crippen LogP contribution in [-0.4, -0.2) is 25.2 Å². The Hall–Kier alpha value is -3.75. The maximum absolute atomic E-state index is 13.1. The molecule has 1 amide bonds. The van der Waals surface area contributed by atoms with Crippen molar-refractivity contribution in [3.8, 4) is 0 Å². The average Bonchev–Trinajstić information content (AvgIpc) is 3.04. The lowest BCUT2D eigenvalue weighted by molar-refractivity contribution is -0.132. The van der Waals surface area contributed by atoms with E-state index in [-0.39, 0.29) is 16.2 Å². The molecule has 0 radical (unpaired) electrons. The van der Waals surface area contributed by atoms with Crippen LogP contribution >= 0.6 is 0 Å². The van der Waals surface area contributed by atoms with Gasteiger partial charge in [0.25, 0.3) is 11.7 Å². The maximum atomic E-state index is 13.1. The standard InChI is InChI=1S/C25H22N2O5S/c1-15-3-7-17(8-4-15)22-21(23(28)18-9-5-16(2)6-10-18)24(29)25(30)27(22)19-11-13-20(14-12-19)33(26,31)32/h3-14,22,28H,1-2H3,(H2,26,31,32)/b23-21+. The molecule has 3 N–H and O–H groups in total. The van der Waals surface area contributed by atoms with E-state index < -0.39 is 27.8 Å². The van der Waals surface area contributed by atoms with Gasteiger partial charge in [0.15, 0.2) is 0 Å². The van der Waals surface area contributed by atoms with Gasteiger partial charge in [-0.1, -0.05) is 59.7 Å². The number of ketones is 1. The smallest absolute Gasteiger partial charge is 0.300 e. The van der Waals surface area contributed by atoms with E-state index in [4.69, 9.17) is 5.14 Å². The van der Waals surface area contributed by atoms with Gasteiger partial charge in [0, 0.05) is 11.3 Å². The first-order valence-electron chi connectivity index (χ1n) is 10.2. The van der Waals surface area contributed by atoms with Crippen LogP contribution in [0.5, 0.6) is 0 Å². The van der Waals surface area contributed by atoms with E-state index in [1.807, 2.05) is 26.0 Å². The highest BCUT2D eigenvalue weighted by atomic mass is 32.2. The molecule has 0 aromatic heterocycles. The van der Waals surface area contributed by atoms with Gasteiger partial charge in [-0.15, -0.1) is 0 Å². The van der Waals surface area contributed by atoms with Gasteiger partial charge in [-0.2, -0.15) is 0 Å². The number of carbonyl (C=O) groups excluding carboxylic acids is 2. The number of anilines is 1. The molecule has 1 atom stereocenters. The van der Waals surface area contributed by atoms with Crippen molar-refractivity contribution < 1.29 is 23.1 Å². The third kappa shape index (κ3) is 4.18. The van der Waals surface area contributed by atoms with Gasteiger partial charge >= 0.3 is 0 Å². The predicted molar refractivity (Wildman–Crippen MR) is 125 cm³/mol. The molecular formula is C25H22N2O5S. The number of primary sulfonamides is 1. The first-order chi connectivity index (χ1) is 15.6. The molecule has 0 bridgehead atoms. The highest BCUT2D eigenvalue weighted by molar-refractivity contribution is 7.89. The number of carbonyl (C=O) groups is 2. The summed E-state index contributed by atoms with van der Waals surface area (Å²) in [7, 11) is -3.92. The van der Waals surface area contributed by atoms with E-state index in [0.717, 1.165) is 11.1 Å². The molecule has 33 heavy (non-hydrogen) atoms. The van der Waals surface area contributed by atoms with E-state index in [2.05, 4.69) is 0 Å². The lowest BCUT2D eigenvalue weighted by Gasteiger charge is -2.25. The van der Waals surface area contributed by atoms with Crippen molar-refractivity contribution in [1.29, 1.82) is 0 Å². The molecule has 1 fully saturated rings. The van der Waals surface area contributed by atoms with Crippen LogP contribution in [-0.2, 0) is 19.6 Å². The van der Waals surface area contributed by atoms with Crippen LogP contribution in [0, 0.1) is 13.8 Å². The fourth-order valence-corrected chi connectivity index (χ4v) is 4.34. The maximum Gasteiger partial charge on any atom is 0.300 e. The van der Waals surface area contributed by atoms with Crippen LogP contribution in [0.2, 0.25) is 0 Å². The van der Waals surface area contributed by atoms with E-state index in [9.17, 15) is 23.1 Å². The molecule has 1 saturated heterocycles. The summed E-state index contributed by atoms with van der Waals surface area (Å²) in [5.41, 5.74) is 3.29. The number of hydrogen-bond donors (Lipinski definition) is 2. The summed E-state index contributed by atoms with van der Waals surface area (Å²) in [5.74, 6) is -1.92. The number of aliphatic hydroxyl groups is 1. The molecule has 0 saturated carbocycles. The molecule has 1 aliphatic heterocycles. The Balaban J connectivity index is 1.91. The molecule has 1 heterocycles. The van der Waals surface area contributed by atoms with Crippen LogP contribution in [0.1, 0.15) is 28.3 Å². The first kappa shape index (κ1) is 22.4. The molecule has 3 aromatic rings. The van der Waals surface area contributed by atoms with E-state index in [1.165, 1.54) is 29.2 Å². The Morgan fingerprint density at radius 3 is 1.88 bits per heavy atom. The second-order valence-corrected chi connectivity index (χ2v) is 9.55. The molecule has 1 aliphatic rings. The van der Waals surface area contributed by atoms with Crippen LogP contribution < -0.4 is 10.0 Å². The average molecular weight is 463 g/mol. The molecule has 4 rings (SSSR count). The number of rotatable bonds is 4. The van der Waals surface area contributed by atoms with Crippen LogP contribution in [0.3, 0.4) is 0 Å². The molecular weight excluding hydrogens is 440 g/mol. The Morgan fingerprint density at radius 2 is 1.36 bits per heavy atom. The highest BCUT2D eigenvalue weighted by Gasteiger charge is 2.47. The Labute approximate surface area is 191 Å². The summed E-state index contributed by atoms with van der Waals surface area (Å²) < 4.78 is 23.2. The number of nitrogens with two attached hydrogens (primary N) is 1. The zero-order valence-corrected chi connectivity index (χ0v) is 18.8. The second-order valence-electron chi connectivity index (χ2n) is 7.98. The second kappa shape index (κ2) is 8.31. The normalized spacial score (nSPS) is 18.0. The summed E-state index contributed by atoms with van der Waals surface area (Å²) in [6.07, 6.45) is 0. The Bertz CT molecular complexity index is 1370. The van der Waals surface area contributed by atoms with Crippen molar-refractivity contribution in [1.82, 2.24) is 0 Å². The Kier molecular flexibility index (Phi) is 5.65. The van der Waals surface area contributed by atoms with Gasteiger partial charge in [0.1, 0.15) is 5.76 Å². The van der Waals surface area contributed by atoms with Crippen molar-refractivity contribution in [2.24, 2.45) is 5.14 Å². The zero-order valence-electron chi connectivity index (χ0n) is 18.0. The van der Waals surface area contributed by atoms with Crippen molar-refractivity contribution in [2.75, 3.05) is 4.90 Å². The number of nitrogens with zero attached hydrogens (tertiary/aromatic N) is 1. The summed E-state index contributed by atoms with van der Waals surface area (Å²) in [6.45, 7) is 3.82. The minimum absolute atomic E-state index is 0.0387. The quantitative estimate of drug-likeness (QED) is 0.349. The molecule has 168 valence electrons. The van der Waals surface area contributed by atoms with Gasteiger partial charge < -0.3 is 5.11 Å². The summed E-state index contributed by atoms with van der Waals surface area (Å²) in [5, 5.41) is 16.3. The summed E-state index contributed by atoms with van der Waals surface area (Å²) in [6, 6.07) is 18.7. The van der Waals surface area contributed by atoms with E-state index in [1.54, 1.807) is 36.4 Å². The number of sulfonamides is 1. The largest absolute Gasteiger partial charge is 0.507 e. The lowest BCUT2D eigenvalue weighted by atomic mass is 9.94. The van der Waals surface area contributed by atoms with Crippen molar-refractivity contribution >= 4 is 33.2 Å². The van der Waals surface area contributed by atoms with Crippen LogP contribution in [0.4, 0.5) is 5.69 Å². The fourth-order valence-electron chi connectivity index (χ4n) is 3.83. The van der Waals surface area contributed by atoms with Gasteiger partial charge in [0.05, 0.1) is 16.5 Å². The molecule has 7 nitrogen and oxygen atoms in total. The Morgan fingerprint density at radius 1 is 0.848 bits per heavy atom. The van der Waals surface area contributed by atoms with Gasteiger partial charge in [-0.3, -0.25) is 14.5 Å². The van der Waals surface area contributed by atoms with Crippen molar-refractivity contribution in [2.45, 2.75) is 24.8 Å². The SMILES string of the molecule is Cc1ccc(/C(O)=C2\C(=O)C(=O)N(c3ccc(S(N)(=O)=O)cc3)C2c2ccc(C)cc2)cc1. The van der Waals surface area contributed by atoms with Crippen molar-refractivity contribution in [3.63, 3.8) is 0 Å². The van der Waals surface area contributed by atoms with Gasteiger partial charge in [-0.25, -0.2) is 13.6 Å². The summed E-state index contributed by atoms with van der Waals surface area (Å²) in [4.78, 5) is 27.4. The minimum atomic E-state index is -3.92. The number of aryl methyl sites for hydroxylation is 2. The molecule has 8 heteroatoms. The number of Topliss-reactive ketones (excluding diaryl/α,β-unsaturated/α-hetero) is 1. The molecule has 0 aliphatic carbocycles. The monoisotopic (exact) mass is 462 g/mol. The van der Waals surface area contributed by atoms with Gasteiger partial charge in [-0.05, 0) is 43.7 Å². The highest BCUT2D eigenvalue weighted by Crippen LogP contribution is 2.42. The number of hydrogen-bond acceptors (Lipinski definition) is 5. The molecule has 0 spiro atoms. The van der Waals surface area contributed by atoms with E-state index in [0.29, 0.717) is 16.8 Å². The third-order valence-corrected chi connectivity index (χ3v) is 6.54. The number of aliphatic hydroxyl groups excluding tert-OH is 1. The number of benzene rings is 3. The fraction of sp³-hybridized carbons (Fsp3) is 0.120. The summed E-state index contributed by atoms with van der Waals surface area (Å²) >= 11 is 0. The first-order valence-corrected chi connectivity index (χ1v) is 11.7. The lowest BCUT2D eigenvalue weighted by Crippen LogP contribution is -2.29. The van der Waals surface area contributed by atoms with Crippen molar-refractivity contribution in [3.05, 3.63) is 101 Å². The molecule has 3 aromatic carbocycles. The van der Waals surface area contributed by atoms with Gasteiger partial charge in [0.2, 0.25) is 10.0 Å². The van der Waals surface area contributed by atoms with E-state index >= 15 is 0 Å². The number of amides is 1.